The molecule has 7 heteroatoms. The SMILES string of the molecule is Cc1ccc(S(=O)(=O)CCC(=O)NC(CN2CCCC2=O)c2ccccc2)cc1. The summed E-state index contributed by atoms with van der Waals surface area (Å²) in [6.07, 6.45) is 1.22. The van der Waals surface area contributed by atoms with Gasteiger partial charge in [0.15, 0.2) is 9.84 Å². The van der Waals surface area contributed by atoms with Crippen LogP contribution in [0.4, 0.5) is 0 Å². The van der Waals surface area contributed by atoms with Gasteiger partial charge in [-0.3, -0.25) is 9.59 Å². The number of hydrogen-bond acceptors (Lipinski definition) is 4. The monoisotopic (exact) mass is 414 g/mol. The largest absolute Gasteiger partial charge is 0.347 e. The highest BCUT2D eigenvalue weighted by molar-refractivity contribution is 7.91. The fraction of sp³-hybridized carbons (Fsp3) is 0.364. The lowest BCUT2D eigenvalue weighted by Crippen LogP contribution is -2.39. The number of nitrogens with zero attached hydrogens (tertiary/aromatic N) is 1. The van der Waals surface area contributed by atoms with Crippen molar-refractivity contribution in [1.82, 2.24) is 10.2 Å². The third-order valence-electron chi connectivity index (χ3n) is 5.09. The van der Waals surface area contributed by atoms with Crippen LogP contribution in [0.1, 0.15) is 36.4 Å². The van der Waals surface area contributed by atoms with Crippen LogP contribution in [0.15, 0.2) is 59.5 Å². The molecule has 2 amide bonds. The number of benzene rings is 2. The molecule has 1 aliphatic rings. The molecule has 1 unspecified atom stereocenters. The first-order valence-electron chi connectivity index (χ1n) is 9.77. The first kappa shape index (κ1) is 21.0. The van der Waals surface area contributed by atoms with E-state index in [4.69, 9.17) is 0 Å². The minimum absolute atomic E-state index is 0.0853. The lowest BCUT2D eigenvalue weighted by Gasteiger charge is -2.25. The van der Waals surface area contributed by atoms with E-state index in [-0.39, 0.29) is 34.9 Å². The van der Waals surface area contributed by atoms with Crippen LogP contribution >= 0.6 is 0 Å². The van der Waals surface area contributed by atoms with Gasteiger partial charge >= 0.3 is 0 Å². The molecule has 1 fully saturated rings. The van der Waals surface area contributed by atoms with E-state index in [2.05, 4.69) is 5.32 Å². The maximum absolute atomic E-state index is 12.5. The van der Waals surface area contributed by atoms with Crippen molar-refractivity contribution in [2.45, 2.75) is 37.1 Å². The number of rotatable bonds is 8. The number of hydrogen-bond donors (Lipinski definition) is 1. The average Bonchev–Trinajstić information content (AvgIpc) is 3.11. The van der Waals surface area contributed by atoms with Gasteiger partial charge in [0.05, 0.1) is 16.7 Å². The van der Waals surface area contributed by atoms with Gasteiger partial charge in [0, 0.05) is 25.9 Å². The van der Waals surface area contributed by atoms with E-state index in [1.165, 1.54) is 0 Å². The molecule has 1 aliphatic heterocycles. The number of likely N-dealkylation sites (tertiary alicyclic amines) is 1. The van der Waals surface area contributed by atoms with E-state index < -0.39 is 9.84 Å². The second-order valence-electron chi connectivity index (χ2n) is 7.36. The number of sulfone groups is 1. The van der Waals surface area contributed by atoms with Crippen molar-refractivity contribution in [3.05, 3.63) is 65.7 Å². The highest BCUT2D eigenvalue weighted by Gasteiger charge is 2.26. The standard InChI is InChI=1S/C22H26N2O4S/c1-17-9-11-19(12-10-17)29(27,28)15-13-21(25)23-20(18-6-3-2-4-7-18)16-24-14-5-8-22(24)26/h2-4,6-7,9-12,20H,5,8,13-16H2,1H3,(H,23,25). The van der Waals surface area contributed by atoms with Gasteiger partial charge in [0.1, 0.15) is 0 Å². The minimum Gasteiger partial charge on any atom is -0.347 e. The van der Waals surface area contributed by atoms with E-state index in [0.717, 1.165) is 17.5 Å². The third-order valence-corrected chi connectivity index (χ3v) is 6.82. The summed E-state index contributed by atoms with van der Waals surface area (Å²) in [5, 5.41) is 2.92. The summed E-state index contributed by atoms with van der Waals surface area (Å²) in [7, 11) is -3.53. The quantitative estimate of drug-likeness (QED) is 0.720. The minimum atomic E-state index is -3.53. The summed E-state index contributed by atoms with van der Waals surface area (Å²) in [5.74, 6) is -0.519. The number of amides is 2. The van der Waals surface area contributed by atoms with Crippen molar-refractivity contribution in [3.8, 4) is 0 Å². The van der Waals surface area contributed by atoms with Crippen molar-refractivity contribution >= 4 is 21.7 Å². The summed E-state index contributed by atoms with van der Waals surface area (Å²) >= 11 is 0. The Kier molecular flexibility index (Phi) is 6.69. The maximum Gasteiger partial charge on any atom is 0.222 e. The summed E-state index contributed by atoms with van der Waals surface area (Å²) in [5.41, 5.74) is 1.87. The van der Waals surface area contributed by atoms with Gasteiger partial charge in [-0.1, -0.05) is 48.0 Å². The second-order valence-corrected chi connectivity index (χ2v) is 9.47. The van der Waals surface area contributed by atoms with E-state index in [1.807, 2.05) is 37.3 Å². The molecule has 3 rings (SSSR count). The predicted molar refractivity (Wildman–Crippen MR) is 111 cm³/mol. The molecular weight excluding hydrogens is 388 g/mol. The highest BCUT2D eigenvalue weighted by Crippen LogP contribution is 2.19. The summed E-state index contributed by atoms with van der Waals surface area (Å²) in [6.45, 7) is 2.96. The van der Waals surface area contributed by atoms with E-state index in [9.17, 15) is 18.0 Å². The predicted octanol–water partition coefficient (Wildman–Crippen LogP) is 2.64. The molecular formula is C22H26N2O4S. The topological polar surface area (TPSA) is 83.6 Å². The molecule has 0 aliphatic carbocycles. The average molecular weight is 415 g/mol. The van der Waals surface area contributed by atoms with Crippen molar-refractivity contribution in [2.75, 3.05) is 18.8 Å². The normalized spacial score (nSPS) is 15.3. The van der Waals surface area contributed by atoms with Gasteiger partial charge in [-0.2, -0.15) is 0 Å². The van der Waals surface area contributed by atoms with Crippen molar-refractivity contribution in [3.63, 3.8) is 0 Å². The molecule has 1 N–H and O–H groups in total. The van der Waals surface area contributed by atoms with Gasteiger partial charge < -0.3 is 10.2 Å². The van der Waals surface area contributed by atoms with Crippen LogP contribution in [0.2, 0.25) is 0 Å². The van der Waals surface area contributed by atoms with E-state index >= 15 is 0 Å². The summed E-state index contributed by atoms with van der Waals surface area (Å²) in [4.78, 5) is 26.5. The number of nitrogens with one attached hydrogen (secondary N) is 1. The smallest absolute Gasteiger partial charge is 0.222 e. The molecule has 0 spiro atoms. The Labute approximate surface area is 171 Å². The Morgan fingerprint density at radius 1 is 1.10 bits per heavy atom. The molecule has 0 radical (unpaired) electrons. The van der Waals surface area contributed by atoms with Crippen LogP contribution in [-0.4, -0.2) is 44.0 Å². The lowest BCUT2D eigenvalue weighted by molar-refractivity contribution is -0.129. The third kappa shape index (κ3) is 5.67. The van der Waals surface area contributed by atoms with Gasteiger partial charge in [0.2, 0.25) is 11.8 Å². The Bertz CT molecular complexity index is 956. The van der Waals surface area contributed by atoms with Crippen LogP contribution < -0.4 is 5.32 Å². The fourth-order valence-electron chi connectivity index (χ4n) is 3.39. The molecule has 1 saturated heterocycles. The van der Waals surface area contributed by atoms with Gasteiger partial charge in [-0.05, 0) is 31.0 Å². The van der Waals surface area contributed by atoms with Crippen molar-refractivity contribution in [1.29, 1.82) is 0 Å². The molecule has 0 saturated carbocycles. The molecule has 154 valence electrons. The van der Waals surface area contributed by atoms with Crippen LogP contribution in [-0.2, 0) is 19.4 Å². The Morgan fingerprint density at radius 2 is 1.79 bits per heavy atom. The molecule has 0 bridgehead atoms. The highest BCUT2D eigenvalue weighted by atomic mass is 32.2. The molecule has 2 aromatic rings. The summed E-state index contributed by atoms with van der Waals surface area (Å²) in [6, 6.07) is 15.7. The van der Waals surface area contributed by atoms with Gasteiger partial charge in [0.25, 0.3) is 0 Å². The Hall–Kier alpha value is -2.67. The van der Waals surface area contributed by atoms with Crippen molar-refractivity contribution < 1.29 is 18.0 Å². The van der Waals surface area contributed by atoms with E-state index in [1.54, 1.807) is 29.2 Å². The zero-order chi connectivity index (χ0) is 20.9. The lowest BCUT2D eigenvalue weighted by atomic mass is 10.1. The van der Waals surface area contributed by atoms with Crippen molar-refractivity contribution in [2.24, 2.45) is 0 Å². The molecule has 1 atom stereocenters. The van der Waals surface area contributed by atoms with Crippen LogP contribution in [0.25, 0.3) is 0 Å². The number of aryl methyl sites for hydroxylation is 1. The number of carbonyl (C=O) groups is 2. The molecule has 2 aromatic carbocycles. The van der Waals surface area contributed by atoms with E-state index in [0.29, 0.717) is 19.5 Å². The number of carbonyl (C=O) groups excluding carboxylic acids is 2. The Balaban J connectivity index is 1.65. The zero-order valence-electron chi connectivity index (χ0n) is 16.5. The van der Waals surface area contributed by atoms with Gasteiger partial charge in [-0.25, -0.2) is 8.42 Å². The molecule has 29 heavy (non-hydrogen) atoms. The summed E-state index contributed by atoms with van der Waals surface area (Å²) < 4.78 is 25.0. The first-order valence-corrected chi connectivity index (χ1v) is 11.4. The molecule has 0 aromatic heterocycles. The Morgan fingerprint density at radius 3 is 2.41 bits per heavy atom. The fourth-order valence-corrected chi connectivity index (χ4v) is 4.63. The molecule has 6 nitrogen and oxygen atoms in total. The maximum atomic E-state index is 12.5. The second kappa shape index (κ2) is 9.22. The van der Waals surface area contributed by atoms with Crippen LogP contribution in [0.5, 0.6) is 0 Å². The zero-order valence-corrected chi connectivity index (χ0v) is 17.3. The van der Waals surface area contributed by atoms with Gasteiger partial charge in [-0.15, -0.1) is 0 Å². The van der Waals surface area contributed by atoms with Crippen LogP contribution in [0.3, 0.4) is 0 Å². The molecule has 1 heterocycles. The van der Waals surface area contributed by atoms with Crippen LogP contribution in [0, 0.1) is 6.92 Å². The first-order chi connectivity index (χ1) is 13.8.